The fourth-order valence-corrected chi connectivity index (χ4v) is 4.95. The van der Waals surface area contributed by atoms with Crippen molar-refractivity contribution in [3.63, 3.8) is 0 Å². The molecule has 0 spiro atoms. The Hall–Kier alpha value is -3.47. The van der Waals surface area contributed by atoms with Crippen molar-refractivity contribution >= 4 is 34.0 Å². The molecule has 1 atom stereocenters. The van der Waals surface area contributed by atoms with Crippen LogP contribution in [0.5, 0.6) is 5.75 Å². The van der Waals surface area contributed by atoms with Crippen LogP contribution in [0.2, 0.25) is 10.0 Å². The summed E-state index contributed by atoms with van der Waals surface area (Å²) in [6, 6.07) is 25.9. The molecular weight excluding hydrogens is 455 g/mol. The number of phenolic OH excluding ortho intramolecular Hbond substituents is 1. The van der Waals surface area contributed by atoms with Crippen LogP contribution in [0, 0.1) is 6.92 Å². The summed E-state index contributed by atoms with van der Waals surface area (Å²) in [5, 5.41) is 17.0. The van der Waals surface area contributed by atoms with E-state index in [9.17, 15) is 9.90 Å². The topological polar surface area (TPSA) is 58.0 Å². The van der Waals surface area contributed by atoms with Crippen LogP contribution in [0.1, 0.15) is 28.3 Å². The molecule has 0 aliphatic heterocycles. The molecule has 33 heavy (non-hydrogen) atoms. The summed E-state index contributed by atoms with van der Waals surface area (Å²) in [5.74, 6) is -0.523. The SMILES string of the molecule is Cc1[nH]n(-c2ccccc2)c(=O)c1C(c1ccc(Cl)cc1Cl)c1c(O)ccc2ccccc12. The molecule has 0 radical (unpaired) electrons. The first-order valence-corrected chi connectivity index (χ1v) is 11.2. The molecule has 164 valence electrons. The van der Waals surface area contributed by atoms with Gasteiger partial charge in [0.2, 0.25) is 0 Å². The molecule has 6 heteroatoms. The third-order valence-corrected chi connectivity index (χ3v) is 6.49. The van der Waals surface area contributed by atoms with Crippen LogP contribution in [-0.4, -0.2) is 14.9 Å². The fraction of sp³-hybridized carbons (Fsp3) is 0.0741. The highest BCUT2D eigenvalue weighted by atomic mass is 35.5. The molecule has 0 bridgehead atoms. The maximum absolute atomic E-state index is 13.8. The summed E-state index contributed by atoms with van der Waals surface area (Å²) in [6.07, 6.45) is 0. The molecule has 0 aliphatic carbocycles. The fourth-order valence-electron chi connectivity index (χ4n) is 4.44. The van der Waals surface area contributed by atoms with Gasteiger partial charge in [-0.05, 0) is 53.6 Å². The lowest BCUT2D eigenvalue weighted by Gasteiger charge is -2.22. The van der Waals surface area contributed by atoms with Crippen molar-refractivity contribution in [2.45, 2.75) is 12.8 Å². The first-order chi connectivity index (χ1) is 16.0. The lowest BCUT2D eigenvalue weighted by Crippen LogP contribution is -2.21. The van der Waals surface area contributed by atoms with Crippen molar-refractivity contribution in [2.24, 2.45) is 0 Å². The molecule has 5 aromatic rings. The molecule has 5 rings (SSSR count). The zero-order valence-corrected chi connectivity index (χ0v) is 19.2. The van der Waals surface area contributed by atoms with Gasteiger partial charge in [0.05, 0.1) is 11.3 Å². The molecule has 0 fully saturated rings. The van der Waals surface area contributed by atoms with Gasteiger partial charge in [-0.25, -0.2) is 4.68 Å². The lowest BCUT2D eigenvalue weighted by molar-refractivity contribution is 0.468. The number of para-hydroxylation sites is 1. The number of phenols is 1. The number of aromatic amines is 1. The third kappa shape index (κ3) is 3.71. The van der Waals surface area contributed by atoms with E-state index in [-0.39, 0.29) is 11.3 Å². The first-order valence-electron chi connectivity index (χ1n) is 10.5. The van der Waals surface area contributed by atoms with E-state index < -0.39 is 5.92 Å². The Bertz CT molecular complexity index is 1540. The van der Waals surface area contributed by atoms with E-state index in [1.165, 1.54) is 4.68 Å². The predicted octanol–water partition coefficient (Wildman–Crippen LogP) is 6.82. The number of fused-ring (bicyclic) bond motifs is 1. The highest BCUT2D eigenvalue weighted by Crippen LogP contribution is 2.43. The molecule has 0 saturated carbocycles. The highest BCUT2D eigenvalue weighted by molar-refractivity contribution is 6.35. The summed E-state index contributed by atoms with van der Waals surface area (Å²) in [4.78, 5) is 13.8. The summed E-state index contributed by atoms with van der Waals surface area (Å²) >= 11 is 12.9. The number of aromatic nitrogens is 2. The van der Waals surface area contributed by atoms with Gasteiger partial charge in [0.25, 0.3) is 5.56 Å². The number of nitrogens with zero attached hydrogens (tertiary/aromatic N) is 1. The summed E-state index contributed by atoms with van der Waals surface area (Å²) in [6.45, 7) is 1.86. The second-order valence-corrected chi connectivity index (χ2v) is 8.79. The maximum atomic E-state index is 13.8. The number of halogens is 2. The number of hydrogen-bond donors (Lipinski definition) is 2. The van der Waals surface area contributed by atoms with Gasteiger partial charge in [0, 0.05) is 27.2 Å². The first kappa shape index (κ1) is 21.4. The normalized spacial score (nSPS) is 12.2. The molecule has 0 amide bonds. The second kappa shape index (κ2) is 8.47. The maximum Gasteiger partial charge on any atom is 0.275 e. The van der Waals surface area contributed by atoms with Crippen molar-refractivity contribution in [1.82, 2.24) is 9.78 Å². The predicted molar refractivity (Wildman–Crippen MR) is 134 cm³/mol. The second-order valence-electron chi connectivity index (χ2n) is 7.94. The van der Waals surface area contributed by atoms with Gasteiger partial charge in [-0.2, -0.15) is 0 Å². The quantitative estimate of drug-likeness (QED) is 0.300. The van der Waals surface area contributed by atoms with E-state index in [4.69, 9.17) is 23.2 Å². The van der Waals surface area contributed by atoms with E-state index >= 15 is 0 Å². The average molecular weight is 475 g/mol. The van der Waals surface area contributed by atoms with Crippen molar-refractivity contribution in [3.8, 4) is 11.4 Å². The molecule has 1 unspecified atom stereocenters. The Labute approximate surface area is 200 Å². The molecule has 2 N–H and O–H groups in total. The Morgan fingerprint density at radius 2 is 1.61 bits per heavy atom. The molecule has 4 aromatic carbocycles. The largest absolute Gasteiger partial charge is 0.508 e. The number of aromatic hydroxyl groups is 1. The average Bonchev–Trinajstić information content (AvgIpc) is 3.11. The van der Waals surface area contributed by atoms with Gasteiger partial charge in [-0.1, -0.05) is 77.8 Å². The van der Waals surface area contributed by atoms with Crippen molar-refractivity contribution in [1.29, 1.82) is 0 Å². The molecule has 1 heterocycles. The van der Waals surface area contributed by atoms with E-state index in [2.05, 4.69) is 5.10 Å². The molecule has 1 aromatic heterocycles. The van der Waals surface area contributed by atoms with Crippen LogP contribution in [0.15, 0.2) is 89.7 Å². The molecular formula is C27H20Cl2N2O2. The minimum Gasteiger partial charge on any atom is -0.508 e. The van der Waals surface area contributed by atoms with E-state index in [1.54, 1.807) is 18.2 Å². The summed E-state index contributed by atoms with van der Waals surface area (Å²) < 4.78 is 1.52. The number of H-pyrrole nitrogens is 1. The molecule has 4 nitrogen and oxygen atoms in total. The van der Waals surface area contributed by atoms with Crippen LogP contribution in [0.3, 0.4) is 0 Å². The van der Waals surface area contributed by atoms with Gasteiger partial charge in [0.15, 0.2) is 0 Å². The van der Waals surface area contributed by atoms with Gasteiger partial charge < -0.3 is 5.11 Å². The number of rotatable bonds is 4. The van der Waals surface area contributed by atoms with E-state index in [1.807, 2.05) is 73.7 Å². The van der Waals surface area contributed by atoms with Gasteiger partial charge in [-0.15, -0.1) is 0 Å². The Balaban J connectivity index is 1.86. The molecule has 0 aliphatic rings. The Morgan fingerprint density at radius 1 is 0.879 bits per heavy atom. The van der Waals surface area contributed by atoms with Gasteiger partial charge in [0.1, 0.15) is 5.75 Å². The highest BCUT2D eigenvalue weighted by Gasteiger charge is 2.30. The number of aryl methyl sites for hydroxylation is 1. The lowest BCUT2D eigenvalue weighted by atomic mass is 9.82. The standard InChI is InChI=1S/C27H20Cl2N2O2/c1-16-24(27(33)31(30-16)19-8-3-2-4-9-19)26(21-13-12-18(28)15-22(21)29)25-20-10-6-5-7-17(20)11-14-23(25)32/h2-15,26,30,32H,1H3. The Kier molecular flexibility index (Phi) is 5.49. The number of benzene rings is 4. The minimum absolute atomic E-state index is 0.0935. The number of hydrogen-bond acceptors (Lipinski definition) is 2. The summed E-state index contributed by atoms with van der Waals surface area (Å²) in [7, 11) is 0. The summed E-state index contributed by atoms with van der Waals surface area (Å²) in [5.41, 5.74) is 3.02. The van der Waals surface area contributed by atoms with Crippen LogP contribution in [0.4, 0.5) is 0 Å². The smallest absolute Gasteiger partial charge is 0.275 e. The van der Waals surface area contributed by atoms with Crippen LogP contribution >= 0.6 is 23.2 Å². The number of nitrogens with one attached hydrogen (secondary N) is 1. The van der Waals surface area contributed by atoms with Crippen molar-refractivity contribution in [2.75, 3.05) is 0 Å². The van der Waals surface area contributed by atoms with Crippen molar-refractivity contribution < 1.29 is 5.11 Å². The van der Waals surface area contributed by atoms with Crippen LogP contribution in [-0.2, 0) is 0 Å². The van der Waals surface area contributed by atoms with Gasteiger partial charge >= 0.3 is 0 Å². The Morgan fingerprint density at radius 3 is 2.36 bits per heavy atom. The van der Waals surface area contributed by atoms with Crippen molar-refractivity contribution in [3.05, 3.63) is 128 Å². The van der Waals surface area contributed by atoms with Gasteiger partial charge in [-0.3, -0.25) is 9.89 Å². The minimum atomic E-state index is -0.616. The molecule has 0 saturated heterocycles. The van der Waals surface area contributed by atoms with E-state index in [0.717, 1.165) is 16.5 Å². The third-order valence-electron chi connectivity index (χ3n) is 5.93. The van der Waals surface area contributed by atoms with E-state index in [0.29, 0.717) is 32.4 Å². The van der Waals surface area contributed by atoms with Crippen LogP contribution in [0.25, 0.3) is 16.5 Å². The monoisotopic (exact) mass is 474 g/mol. The zero-order valence-electron chi connectivity index (χ0n) is 17.7. The zero-order chi connectivity index (χ0) is 23.1. The van der Waals surface area contributed by atoms with Crippen LogP contribution < -0.4 is 5.56 Å².